The van der Waals surface area contributed by atoms with Crippen molar-refractivity contribution in [1.82, 2.24) is 9.97 Å². The SMILES string of the molecule is Cc1cc2c(cc1N1c3nccnc3N(C(C)C)[C@@H]1C)-c1ccccc1-c1ccccc1-c1ccccc1-2. The highest BCUT2D eigenvalue weighted by Crippen LogP contribution is 2.51. The highest BCUT2D eigenvalue weighted by atomic mass is 15.5. The first-order chi connectivity index (χ1) is 18.5. The van der Waals surface area contributed by atoms with Crippen molar-refractivity contribution in [2.45, 2.75) is 39.9 Å². The van der Waals surface area contributed by atoms with Crippen molar-refractivity contribution in [1.29, 1.82) is 0 Å². The molecule has 0 fully saturated rings. The maximum Gasteiger partial charge on any atom is 0.178 e. The van der Waals surface area contributed by atoms with E-state index in [0.29, 0.717) is 6.04 Å². The molecule has 0 amide bonds. The molecule has 1 aromatic heterocycles. The van der Waals surface area contributed by atoms with E-state index in [-0.39, 0.29) is 6.17 Å². The quantitative estimate of drug-likeness (QED) is 0.242. The number of anilines is 3. The van der Waals surface area contributed by atoms with Crippen LogP contribution in [0.15, 0.2) is 97.3 Å². The smallest absolute Gasteiger partial charge is 0.178 e. The lowest BCUT2D eigenvalue weighted by molar-refractivity contribution is 0.601. The van der Waals surface area contributed by atoms with Gasteiger partial charge < -0.3 is 9.80 Å². The van der Waals surface area contributed by atoms with E-state index in [1.807, 2.05) is 0 Å². The molecule has 38 heavy (non-hydrogen) atoms. The minimum absolute atomic E-state index is 0.0981. The summed E-state index contributed by atoms with van der Waals surface area (Å²) in [5.74, 6) is 1.86. The number of hydrogen-bond acceptors (Lipinski definition) is 4. The van der Waals surface area contributed by atoms with Crippen LogP contribution in [0.5, 0.6) is 0 Å². The molecule has 1 aliphatic heterocycles. The van der Waals surface area contributed by atoms with Gasteiger partial charge in [-0.25, -0.2) is 9.97 Å². The van der Waals surface area contributed by atoms with Gasteiger partial charge in [-0.15, -0.1) is 0 Å². The van der Waals surface area contributed by atoms with Gasteiger partial charge in [0.2, 0.25) is 0 Å². The Morgan fingerprint density at radius 2 is 1.03 bits per heavy atom. The number of rotatable bonds is 2. The third-order valence-electron chi connectivity index (χ3n) is 8.00. The standard InChI is InChI=1S/C34H30N4/c1-21(2)37-23(4)38(34-33(37)35-17-18-36-34)32-20-31-29-16-10-8-14-27(29)25-12-6-5-11-24(25)26-13-7-9-15-28(26)30(31)19-22(32)3/h5-21,23H,1-4H3/t23-/m0/s1. The van der Waals surface area contributed by atoms with Crippen LogP contribution in [0.3, 0.4) is 0 Å². The molecule has 7 rings (SSSR count). The van der Waals surface area contributed by atoms with Crippen LogP contribution in [-0.4, -0.2) is 22.2 Å². The van der Waals surface area contributed by atoms with Gasteiger partial charge in [-0.05, 0) is 89.9 Å². The van der Waals surface area contributed by atoms with Crippen molar-refractivity contribution in [2.24, 2.45) is 0 Å². The first-order valence-electron chi connectivity index (χ1n) is 13.4. The first kappa shape index (κ1) is 22.7. The molecule has 2 heterocycles. The molecule has 186 valence electrons. The molecule has 1 atom stereocenters. The fourth-order valence-corrected chi connectivity index (χ4v) is 6.41. The van der Waals surface area contributed by atoms with Crippen molar-refractivity contribution >= 4 is 17.3 Å². The van der Waals surface area contributed by atoms with Crippen LogP contribution in [0.2, 0.25) is 0 Å². The summed E-state index contributed by atoms with van der Waals surface area (Å²) in [4.78, 5) is 14.3. The second kappa shape index (κ2) is 8.56. The summed E-state index contributed by atoms with van der Waals surface area (Å²) < 4.78 is 0. The lowest BCUT2D eigenvalue weighted by Gasteiger charge is -2.33. The van der Waals surface area contributed by atoms with Crippen LogP contribution in [-0.2, 0) is 0 Å². The molecule has 0 saturated heterocycles. The average Bonchev–Trinajstić information content (AvgIpc) is 3.24. The molecule has 4 nitrogen and oxygen atoms in total. The molecular formula is C34H30N4. The third kappa shape index (κ3) is 3.23. The molecule has 4 heteroatoms. The summed E-state index contributed by atoms with van der Waals surface area (Å²) in [5.41, 5.74) is 12.5. The van der Waals surface area contributed by atoms with E-state index >= 15 is 0 Å². The monoisotopic (exact) mass is 494 g/mol. The Morgan fingerprint density at radius 1 is 0.605 bits per heavy atom. The van der Waals surface area contributed by atoms with Gasteiger partial charge in [-0.1, -0.05) is 72.8 Å². The highest BCUT2D eigenvalue weighted by Gasteiger charge is 2.38. The molecule has 1 aliphatic carbocycles. The molecule has 0 unspecified atom stereocenters. The zero-order valence-corrected chi connectivity index (χ0v) is 22.2. The van der Waals surface area contributed by atoms with Gasteiger partial charge >= 0.3 is 0 Å². The fourth-order valence-electron chi connectivity index (χ4n) is 6.41. The number of hydrogen-bond donors (Lipinski definition) is 0. The van der Waals surface area contributed by atoms with Crippen molar-refractivity contribution < 1.29 is 0 Å². The summed E-state index contributed by atoms with van der Waals surface area (Å²) in [6, 6.07) is 31.5. The van der Waals surface area contributed by atoms with Gasteiger partial charge in [0, 0.05) is 24.1 Å². The van der Waals surface area contributed by atoms with Gasteiger partial charge in [-0.3, -0.25) is 0 Å². The minimum atomic E-state index is 0.0981. The van der Waals surface area contributed by atoms with E-state index in [0.717, 1.165) is 11.6 Å². The summed E-state index contributed by atoms with van der Waals surface area (Å²) in [6.07, 6.45) is 3.69. The second-order valence-electron chi connectivity index (χ2n) is 10.5. The Hall–Kier alpha value is -4.44. The Bertz CT molecular complexity index is 1700. The van der Waals surface area contributed by atoms with Crippen molar-refractivity contribution in [2.75, 3.05) is 9.80 Å². The lowest BCUT2D eigenvalue weighted by Crippen LogP contribution is -2.42. The summed E-state index contributed by atoms with van der Waals surface area (Å²) in [6.45, 7) is 8.91. The topological polar surface area (TPSA) is 32.3 Å². The Kier molecular flexibility index (Phi) is 5.12. The van der Waals surface area contributed by atoms with Crippen LogP contribution in [0.4, 0.5) is 17.3 Å². The Balaban J connectivity index is 1.53. The largest absolute Gasteiger partial charge is 0.330 e. The predicted octanol–water partition coefficient (Wildman–Crippen LogP) is 8.48. The van der Waals surface area contributed by atoms with Crippen LogP contribution in [0.25, 0.3) is 44.5 Å². The maximum absolute atomic E-state index is 4.82. The lowest BCUT2D eigenvalue weighted by atomic mass is 9.80. The van der Waals surface area contributed by atoms with E-state index < -0.39 is 0 Å². The van der Waals surface area contributed by atoms with E-state index in [4.69, 9.17) is 9.97 Å². The number of fused-ring (bicyclic) bond motifs is 9. The number of aryl methyl sites for hydroxylation is 1. The Morgan fingerprint density at radius 3 is 1.50 bits per heavy atom. The molecular weight excluding hydrogens is 464 g/mol. The second-order valence-corrected chi connectivity index (χ2v) is 10.5. The summed E-state index contributed by atoms with van der Waals surface area (Å²) in [7, 11) is 0. The fraction of sp³-hybridized carbons (Fsp3) is 0.176. The van der Waals surface area contributed by atoms with E-state index in [2.05, 4.69) is 122 Å². The zero-order valence-electron chi connectivity index (χ0n) is 22.2. The van der Waals surface area contributed by atoms with Gasteiger partial charge in [0.1, 0.15) is 6.17 Å². The Labute approximate surface area is 224 Å². The van der Waals surface area contributed by atoms with Gasteiger partial charge in [0.15, 0.2) is 11.6 Å². The molecule has 0 bridgehead atoms. The maximum atomic E-state index is 4.82. The normalized spacial score (nSPS) is 15.2. The molecule has 0 saturated carbocycles. The third-order valence-corrected chi connectivity index (χ3v) is 8.00. The molecule has 4 aromatic carbocycles. The van der Waals surface area contributed by atoms with E-state index in [1.54, 1.807) is 12.4 Å². The number of aromatic nitrogens is 2. The van der Waals surface area contributed by atoms with Crippen LogP contribution >= 0.6 is 0 Å². The van der Waals surface area contributed by atoms with Crippen molar-refractivity contribution in [3.63, 3.8) is 0 Å². The summed E-state index contributed by atoms with van der Waals surface area (Å²) >= 11 is 0. The van der Waals surface area contributed by atoms with E-state index in [9.17, 15) is 0 Å². The van der Waals surface area contributed by atoms with Gasteiger partial charge in [-0.2, -0.15) is 0 Å². The molecule has 0 N–H and O–H groups in total. The number of benzene rings is 4. The van der Waals surface area contributed by atoms with Crippen LogP contribution in [0.1, 0.15) is 26.3 Å². The van der Waals surface area contributed by atoms with Crippen molar-refractivity contribution in [3.05, 3.63) is 103 Å². The van der Waals surface area contributed by atoms with Gasteiger partial charge in [0.05, 0.1) is 0 Å². The van der Waals surface area contributed by atoms with Crippen LogP contribution < -0.4 is 9.80 Å². The zero-order chi connectivity index (χ0) is 26.0. The summed E-state index contributed by atoms with van der Waals surface area (Å²) in [5, 5.41) is 0. The average molecular weight is 495 g/mol. The first-order valence-corrected chi connectivity index (χ1v) is 13.4. The molecule has 0 spiro atoms. The molecule has 2 aliphatic rings. The predicted molar refractivity (Wildman–Crippen MR) is 158 cm³/mol. The van der Waals surface area contributed by atoms with Crippen molar-refractivity contribution in [3.8, 4) is 44.5 Å². The molecule has 0 radical (unpaired) electrons. The number of nitrogens with zero attached hydrogens (tertiary/aromatic N) is 4. The van der Waals surface area contributed by atoms with Crippen LogP contribution in [0, 0.1) is 6.92 Å². The highest BCUT2D eigenvalue weighted by molar-refractivity contribution is 6.04. The van der Waals surface area contributed by atoms with Gasteiger partial charge in [0.25, 0.3) is 0 Å². The van der Waals surface area contributed by atoms with E-state index in [1.165, 1.54) is 55.8 Å². The minimum Gasteiger partial charge on any atom is -0.330 e. The molecule has 5 aromatic rings.